The average Bonchev–Trinajstić information content (AvgIpc) is 3.29. The number of nitrogens with one attached hydrogen (secondary N) is 2. The molecule has 2 saturated carbocycles. The van der Waals surface area contributed by atoms with Crippen molar-refractivity contribution in [3.8, 4) is 0 Å². The van der Waals surface area contributed by atoms with E-state index in [2.05, 4.69) is 34.4 Å². The van der Waals surface area contributed by atoms with Crippen LogP contribution in [-0.4, -0.2) is 49.6 Å². The third-order valence-electron chi connectivity index (χ3n) is 5.04. The van der Waals surface area contributed by atoms with E-state index in [-0.39, 0.29) is 0 Å². The van der Waals surface area contributed by atoms with Crippen molar-refractivity contribution in [1.29, 1.82) is 0 Å². The lowest BCUT2D eigenvalue weighted by Gasteiger charge is -2.21. The lowest BCUT2D eigenvalue weighted by Crippen LogP contribution is -2.47. The summed E-state index contributed by atoms with van der Waals surface area (Å²) in [6.07, 6.45) is 5.52. The highest BCUT2D eigenvalue weighted by Gasteiger charge is 2.39. The molecule has 0 spiro atoms. The molecule has 19 heavy (non-hydrogen) atoms. The minimum Gasteiger partial charge on any atom is -0.356 e. The molecule has 2 aliphatic carbocycles. The Hall–Kier alpha value is -0.770. The molecule has 4 heteroatoms. The molecule has 2 N–H and O–H groups in total. The van der Waals surface area contributed by atoms with E-state index in [0.717, 1.165) is 24.5 Å². The second kappa shape index (κ2) is 4.97. The van der Waals surface area contributed by atoms with Crippen LogP contribution in [0.25, 0.3) is 0 Å². The number of hydrogen-bond donors (Lipinski definition) is 2. The van der Waals surface area contributed by atoms with Crippen molar-refractivity contribution in [2.75, 3.05) is 26.7 Å². The van der Waals surface area contributed by atoms with Gasteiger partial charge in [-0.15, -0.1) is 0 Å². The van der Waals surface area contributed by atoms with Crippen molar-refractivity contribution in [3.63, 3.8) is 0 Å². The lowest BCUT2D eigenvalue weighted by atomic mass is 10.1. The molecule has 1 aliphatic heterocycles. The summed E-state index contributed by atoms with van der Waals surface area (Å²) in [5.41, 5.74) is 0.527. The zero-order valence-electron chi connectivity index (χ0n) is 12.6. The monoisotopic (exact) mass is 264 g/mol. The van der Waals surface area contributed by atoms with Gasteiger partial charge in [0, 0.05) is 38.8 Å². The standard InChI is InChI=1S/C15H28N4/c1-11-8-19(12-4-5-12)9-13(11)18-14(16-3)17-10-15(2)6-7-15/h11-13H,4-10H2,1-3H3,(H2,16,17,18). The normalized spacial score (nSPS) is 34.4. The first-order valence-electron chi connectivity index (χ1n) is 7.81. The van der Waals surface area contributed by atoms with Crippen LogP contribution >= 0.6 is 0 Å². The Bertz CT molecular complexity index is 357. The first-order chi connectivity index (χ1) is 9.09. The molecule has 108 valence electrons. The Balaban J connectivity index is 1.48. The molecular formula is C15H28N4. The molecule has 2 atom stereocenters. The molecule has 0 aromatic rings. The van der Waals surface area contributed by atoms with Crippen molar-refractivity contribution >= 4 is 5.96 Å². The summed E-state index contributed by atoms with van der Waals surface area (Å²) in [7, 11) is 1.88. The minimum absolute atomic E-state index is 0.527. The van der Waals surface area contributed by atoms with E-state index in [1.54, 1.807) is 0 Å². The average molecular weight is 264 g/mol. The van der Waals surface area contributed by atoms with Crippen molar-refractivity contribution in [3.05, 3.63) is 0 Å². The molecular weight excluding hydrogens is 236 g/mol. The summed E-state index contributed by atoms with van der Waals surface area (Å²) in [6.45, 7) is 8.19. The summed E-state index contributed by atoms with van der Waals surface area (Å²) < 4.78 is 0. The van der Waals surface area contributed by atoms with Gasteiger partial charge in [-0.1, -0.05) is 13.8 Å². The van der Waals surface area contributed by atoms with Gasteiger partial charge in [0.05, 0.1) is 0 Å². The van der Waals surface area contributed by atoms with E-state index < -0.39 is 0 Å². The highest BCUT2D eigenvalue weighted by atomic mass is 15.3. The fourth-order valence-corrected chi connectivity index (χ4v) is 2.99. The third-order valence-corrected chi connectivity index (χ3v) is 5.04. The number of likely N-dealkylation sites (tertiary alicyclic amines) is 1. The maximum atomic E-state index is 4.38. The fourth-order valence-electron chi connectivity index (χ4n) is 2.99. The summed E-state index contributed by atoms with van der Waals surface area (Å²) in [4.78, 5) is 7.03. The molecule has 3 rings (SSSR count). The first kappa shape index (κ1) is 13.2. The minimum atomic E-state index is 0.527. The molecule has 1 heterocycles. The predicted molar refractivity (Wildman–Crippen MR) is 79.4 cm³/mol. The zero-order chi connectivity index (χ0) is 13.5. The van der Waals surface area contributed by atoms with Crippen LogP contribution in [0.5, 0.6) is 0 Å². The van der Waals surface area contributed by atoms with Crippen LogP contribution < -0.4 is 10.6 Å². The van der Waals surface area contributed by atoms with Crippen molar-refractivity contribution in [2.24, 2.45) is 16.3 Å². The molecule has 2 unspecified atom stereocenters. The number of hydrogen-bond acceptors (Lipinski definition) is 2. The number of aliphatic imine (C=N–C) groups is 1. The first-order valence-corrected chi connectivity index (χ1v) is 7.81. The number of rotatable bonds is 4. The SMILES string of the molecule is CN=C(NCC1(C)CC1)NC1CN(C2CC2)CC1C. The molecule has 4 nitrogen and oxygen atoms in total. The molecule has 0 amide bonds. The van der Waals surface area contributed by atoms with Crippen LogP contribution in [0.15, 0.2) is 4.99 Å². The van der Waals surface area contributed by atoms with Crippen LogP contribution in [0.2, 0.25) is 0 Å². The molecule has 1 saturated heterocycles. The van der Waals surface area contributed by atoms with Crippen LogP contribution in [-0.2, 0) is 0 Å². The Morgan fingerprint density at radius 1 is 1.32 bits per heavy atom. The van der Waals surface area contributed by atoms with E-state index >= 15 is 0 Å². The van der Waals surface area contributed by atoms with Crippen LogP contribution in [0.4, 0.5) is 0 Å². The van der Waals surface area contributed by atoms with Crippen molar-refractivity contribution in [2.45, 2.75) is 51.6 Å². The van der Waals surface area contributed by atoms with Gasteiger partial charge in [0.15, 0.2) is 5.96 Å². The Labute approximate surface area is 117 Å². The second-order valence-corrected chi connectivity index (χ2v) is 7.15. The molecule has 0 aromatic heterocycles. The van der Waals surface area contributed by atoms with E-state index in [1.807, 2.05) is 7.05 Å². The van der Waals surface area contributed by atoms with Gasteiger partial charge in [0.25, 0.3) is 0 Å². The van der Waals surface area contributed by atoms with E-state index in [4.69, 9.17) is 0 Å². The van der Waals surface area contributed by atoms with Gasteiger partial charge >= 0.3 is 0 Å². The maximum absolute atomic E-state index is 4.38. The Morgan fingerprint density at radius 2 is 2.05 bits per heavy atom. The van der Waals surface area contributed by atoms with Gasteiger partial charge in [0.1, 0.15) is 0 Å². The smallest absolute Gasteiger partial charge is 0.191 e. The lowest BCUT2D eigenvalue weighted by molar-refractivity contribution is 0.315. The van der Waals surface area contributed by atoms with Crippen molar-refractivity contribution in [1.82, 2.24) is 15.5 Å². The topological polar surface area (TPSA) is 39.7 Å². The van der Waals surface area contributed by atoms with E-state index in [0.29, 0.717) is 11.5 Å². The van der Waals surface area contributed by atoms with Gasteiger partial charge in [-0.3, -0.25) is 9.89 Å². The van der Waals surface area contributed by atoms with Crippen LogP contribution in [0.3, 0.4) is 0 Å². The van der Waals surface area contributed by atoms with E-state index in [9.17, 15) is 0 Å². The molecule has 0 aromatic carbocycles. The van der Waals surface area contributed by atoms with Gasteiger partial charge in [-0.2, -0.15) is 0 Å². The van der Waals surface area contributed by atoms with Crippen LogP contribution in [0.1, 0.15) is 39.5 Å². The summed E-state index contributed by atoms with van der Waals surface area (Å²) >= 11 is 0. The highest BCUT2D eigenvalue weighted by Crippen LogP contribution is 2.44. The van der Waals surface area contributed by atoms with Gasteiger partial charge < -0.3 is 10.6 Å². The summed E-state index contributed by atoms with van der Waals surface area (Å²) in [5.74, 6) is 1.71. The highest BCUT2D eigenvalue weighted by molar-refractivity contribution is 5.80. The third kappa shape index (κ3) is 3.22. The molecule has 3 aliphatic rings. The molecule has 0 bridgehead atoms. The largest absolute Gasteiger partial charge is 0.356 e. The van der Waals surface area contributed by atoms with Gasteiger partial charge in [-0.25, -0.2) is 0 Å². The second-order valence-electron chi connectivity index (χ2n) is 7.15. The zero-order valence-corrected chi connectivity index (χ0v) is 12.6. The number of nitrogens with zero attached hydrogens (tertiary/aromatic N) is 2. The quantitative estimate of drug-likeness (QED) is 0.596. The molecule has 0 radical (unpaired) electrons. The van der Waals surface area contributed by atoms with Gasteiger partial charge in [-0.05, 0) is 37.0 Å². The Morgan fingerprint density at radius 3 is 2.63 bits per heavy atom. The van der Waals surface area contributed by atoms with E-state index in [1.165, 1.54) is 38.8 Å². The summed E-state index contributed by atoms with van der Waals surface area (Å²) in [6, 6.07) is 1.44. The maximum Gasteiger partial charge on any atom is 0.191 e. The number of guanidine groups is 1. The van der Waals surface area contributed by atoms with Crippen LogP contribution in [0, 0.1) is 11.3 Å². The molecule has 3 fully saturated rings. The fraction of sp³-hybridized carbons (Fsp3) is 0.933. The van der Waals surface area contributed by atoms with Crippen molar-refractivity contribution < 1.29 is 0 Å². The predicted octanol–water partition coefficient (Wildman–Crippen LogP) is 1.43. The summed E-state index contributed by atoms with van der Waals surface area (Å²) in [5, 5.41) is 7.12. The Kier molecular flexibility index (Phi) is 3.46. The van der Waals surface area contributed by atoms with Gasteiger partial charge in [0.2, 0.25) is 0 Å².